The molecule has 1 heterocycles. The zero-order valence-corrected chi connectivity index (χ0v) is 11.0. The second kappa shape index (κ2) is 7.81. The summed E-state index contributed by atoms with van der Waals surface area (Å²) in [4.78, 5) is 4.35. The molecule has 0 aliphatic heterocycles. The summed E-state index contributed by atoms with van der Waals surface area (Å²) < 4.78 is 0. The summed E-state index contributed by atoms with van der Waals surface area (Å²) in [7, 11) is 0. The van der Waals surface area contributed by atoms with E-state index in [-0.39, 0.29) is 0 Å². The Hall–Kier alpha value is -1.39. The Bertz CT molecular complexity index is 314. The highest BCUT2D eigenvalue weighted by Crippen LogP contribution is 2.05. The van der Waals surface area contributed by atoms with Gasteiger partial charge in [-0.3, -0.25) is 0 Å². The first-order chi connectivity index (χ1) is 8.22. The van der Waals surface area contributed by atoms with E-state index >= 15 is 0 Å². The van der Waals surface area contributed by atoms with Gasteiger partial charge in [-0.15, -0.1) is 5.10 Å². The van der Waals surface area contributed by atoms with Gasteiger partial charge >= 0.3 is 0 Å². The van der Waals surface area contributed by atoms with E-state index in [9.17, 15) is 0 Å². The highest BCUT2D eigenvalue weighted by molar-refractivity contribution is 5.36. The van der Waals surface area contributed by atoms with Gasteiger partial charge in [0.2, 0.25) is 5.95 Å². The van der Waals surface area contributed by atoms with E-state index < -0.39 is 0 Å². The van der Waals surface area contributed by atoms with Gasteiger partial charge in [0.15, 0.2) is 0 Å². The molecule has 0 fully saturated rings. The first-order valence-electron chi connectivity index (χ1n) is 6.39. The number of hydrogen-bond donors (Lipinski definition) is 2. The number of rotatable bonds is 8. The third kappa shape index (κ3) is 6.04. The Labute approximate surface area is 103 Å². The minimum Gasteiger partial charge on any atom is -0.369 e. The lowest BCUT2D eigenvalue weighted by molar-refractivity contribution is 0.605. The van der Waals surface area contributed by atoms with E-state index in [1.54, 1.807) is 6.20 Å². The Morgan fingerprint density at radius 3 is 2.76 bits per heavy atom. The number of anilines is 2. The molecule has 0 aliphatic rings. The lowest BCUT2D eigenvalue weighted by Gasteiger charge is -2.08. The van der Waals surface area contributed by atoms with Crippen LogP contribution in [0.2, 0.25) is 0 Å². The van der Waals surface area contributed by atoms with Gasteiger partial charge in [0, 0.05) is 13.1 Å². The van der Waals surface area contributed by atoms with Crippen molar-refractivity contribution >= 4 is 11.8 Å². The van der Waals surface area contributed by atoms with E-state index in [1.807, 2.05) is 0 Å². The van der Waals surface area contributed by atoms with Gasteiger partial charge in [0.1, 0.15) is 5.82 Å². The van der Waals surface area contributed by atoms with Crippen LogP contribution in [0.1, 0.15) is 40.0 Å². The molecule has 0 radical (unpaired) electrons. The molecule has 1 aromatic rings. The van der Waals surface area contributed by atoms with Gasteiger partial charge < -0.3 is 10.6 Å². The third-order valence-corrected chi connectivity index (χ3v) is 2.40. The molecule has 1 rings (SSSR count). The van der Waals surface area contributed by atoms with E-state index in [1.165, 1.54) is 6.42 Å². The van der Waals surface area contributed by atoms with Crippen molar-refractivity contribution in [3.05, 3.63) is 6.20 Å². The molecule has 0 amide bonds. The second-order valence-electron chi connectivity index (χ2n) is 4.55. The minimum atomic E-state index is 0.604. The van der Waals surface area contributed by atoms with Gasteiger partial charge in [-0.05, 0) is 18.8 Å². The summed E-state index contributed by atoms with van der Waals surface area (Å²) >= 11 is 0. The molecule has 5 nitrogen and oxygen atoms in total. The van der Waals surface area contributed by atoms with Crippen molar-refractivity contribution in [2.45, 2.75) is 40.0 Å². The predicted molar refractivity (Wildman–Crippen MR) is 71.2 cm³/mol. The van der Waals surface area contributed by atoms with Gasteiger partial charge in [-0.2, -0.15) is 10.1 Å². The van der Waals surface area contributed by atoms with Crippen molar-refractivity contribution in [3.63, 3.8) is 0 Å². The zero-order chi connectivity index (χ0) is 12.5. The summed E-state index contributed by atoms with van der Waals surface area (Å²) in [6.45, 7) is 8.38. The molecule has 0 unspecified atom stereocenters. The lowest BCUT2D eigenvalue weighted by atomic mass is 10.1. The molecular weight excluding hydrogens is 214 g/mol. The highest BCUT2D eigenvalue weighted by Gasteiger charge is 2.00. The Morgan fingerprint density at radius 2 is 2.06 bits per heavy atom. The van der Waals surface area contributed by atoms with Crippen molar-refractivity contribution in [1.82, 2.24) is 15.2 Å². The van der Waals surface area contributed by atoms with Gasteiger partial charge in [-0.1, -0.05) is 27.2 Å². The van der Waals surface area contributed by atoms with E-state index in [4.69, 9.17) is 0 Å². The molecule has 17 heavy (non-hydrogen) atoms. The summed E-state index contributed by atoms with van der Waals surface area (Å²) in [5, 5.41) is 14.3. The number of nitrogens with one attached hydrogen (secondary N) is 2. The summed E-state index contributed by atoms with van der Waals surface area (Å²) in [5.74, 6) is 2.08. The fraction of sp³-hybridized carbons (Fsp3) is 0.750. The fourth-order valence-corrected chi connectivity index (χ4v) is 1.33. The first-order valence-corrected chi connectivity index (χ1v) is 6.39. The number of nitrogens with zero attached hydrogens (tertiary/aromatic N) is 3. The third-order valence-electron chi connectivity index (χ3n) is 2.40. The van der Waals surface area contributed by atoms with E-state index in [2.05, 4.69) is 46.6 Å². The maximum absolute atomic E-state index is 4.35. The summed E-state index contributed by atoms with van der Waals surface area (Å²) in [6, 6.07) is 0. The van der Waals surface area contributed by atoms with Gasteiger partial charge in [0.05, 0.1) is 6.20 Å². The molecular formula is C12H23N5. The molecule has 0 aromatic carbocycles. The van der Waals surface area contributed by atoms with Crippen molar-refractivity contribution in [3.8, 4) is 0 Å². The van der Waals surface area contributed by atoms with Gasteiger partial charge in [0.25, 0.3) is 0 Å². The molecule has 1 aromatic heterocycles. The van der Waals surface area contributed by atoms with Crippen LogP contribution in [-0.2, 0) is 0 Å². The molecule has 0 bridgehead atoms. The van der Waals surface area contributed by atoms with Crippen LogP contribution in [0.25, 0.3) is 0 Å². The second-order valence-corrected chi connectivity index (χ2v) is 4.55. The average molecular weight is 237 g/mol. The smallest absolute Gasteiger partial charge is 0.244 e. The van der Waals surface area contributed by atoms with Crippen LogP contribution in [0.5, 0.6) is 0 Å². The first kappa shape index (κ1) is 13.7. The largest absolute Gasteiger partial charge is 0.369 e. The molecule has 0 atom stereocenters. The Morgan fingerprint density at radius 1 is 1.24 bits per heavy atom. The summed E-state index contributed by atoms with van der Waals surface area (Å²) in [5.41, 5.74) is 0. The summed E-state index contributed by atoms with van der Waals surface area (Å²) in [6.07, 6.45) is 5.07. The standard InChI is InChI=1S/C12H23N5/c1-4-5-7-13-11-9-15-17-12(16-11)14-8-6-10(2)3/h9-10H,4-8H2,1-3H3,(H2,13,14,16,17). The van der Waals surface area contributed by atoms with Gasteiger partial charge in [-0.25, -0.2) is 0 Å². The van der Waals surface area contributed by atoms with Crippen LogP contribution < -0.4 is 10.6 Å². The average Bonchev–Trinajstić information content (AvgIpc) is 2.29. The predicted octanol–water partition coefficient (Wildman–Crippen LogP) is 2.54. The molecule has 96 valence electrons. The number of hydrogen-bond acceptors (Lipinski definition) is 5. The molecule has 0 aliphatic carbocycles. The van der Waals surface area contributed by atoms with Crippen LogP contribution in [-0.4, -0.2) is 28.3 Å². The topological polar surface area (TPSA) is 62.7 Å². The van der Waals surface area contributed by atoms with Crippen LogP contribution in [0.3, 0.4) is 0 Å². The van der Waals surface area contributed by atoms with E-state index in [0.717, 1.165) is 31.7 Å². The quantitative estimate of drug-likeness (QED) is 0.680. The molecule has 0 saturated carbocycles. The van der Waals surface area contributed by atoms with E-state index in [0.29, 0.717) is 11.9 Å². The minimum absolute atomic E-state index is 0.604. The number of unbranched alkanes of at least 4 members (excludes halogenated alkanes) is 1. The monoisotopic (exact) mass is 237 g/mol. The Balaban J connectivity index is 2.37. The van der Waals surface area contributed by atoms with Crippen molar-refractivity contribution in [2.75, 3.05) is 23.7 Å². The maximum atomic E-state index is 4.35. The van der Waals surface area contributed by atoms with Crippen LogP contribution in [0.4, 0.5) is 11.8 Å². The molecule has 0 spiro atoms. The van der Waals surface area contributed by atoms with Crippen LogP contribution in [0.15, 0.2) is 6.20 Å². The van der Waals surface area contributed by atoms with Crippen molar-refractivity contribution < 1.29 is 0 Å². The normalized spacial score (nSPS) is 10.6. The molecule has 0 saturated heterocycles. The molecule has 2 N–H and O–H groups in total. The highest BCUT2D eigenvalue weighted by atomic mass is 15.3. The Kier molecular flexibility index (Phi) is 6.29. The van der Waals surface area contributed by atoms with Crippen LogP contribution in [0, 0.1) is 5.92 Å². The fourth-order valence-electron chi connectivity index (χ4n) is 1.33. The van der Waals surface area contributed by atoms with Crippen LogP contribution >= 0.6 is 0 Å². The SMILES string of the molecule is CCCCNc1cnnc(NCCC(C)C)n1. The maximum Gasteiger partial charge on any atom is 0.244 e. The zero-order valence-electron chi connectivity index (χ0n) is 11.0. The molecule has 5 heteroatoms. The number of aromatic nitrogens is 3. The van der Waals surface area contributed by atoms with Crippen molar-refractivity contribution in [2.24, 2.45) is 5.92 Å². The van der Waals surface area contributed by atoms with Crippen molar-refractivity contribution in [1.29, 1.82) is 0 Å². The lowest BCUT2D eigenvalue weighted by Crippen LogP contribution is -2.10.